The van der Waals surface area contributed by atoms with Crippen molar-refractivity contribution < 1.29 is 19.1 Å². The number of carbonyl (C=O) groups excluding carboxylic acids is 2. The van der Waals surface area contributed by atoms with E-state index in [1.807, 2.05) is 6.07 Å². The number of Topliss-reactive ketones (excluding diaryl/α,β-unsaturated/α-hetero) is 1. The number of hydrogen-bond acceptors (Lipinski definition) is 4. The average molecular weight is 208 g/mol. The summed E-state index contributed by atoms with van der Waals surface area (Å²) in [7, 11) is 1.21. The molecule has 1 aromatic carbocycles. The Bertz CT molecular complexity index is 345. The molecule has 0 saturated heterocycles. The van der Waals surface area contributed by atoms with Crippen LogP contribution in [0.5, 0.6) is 5.75 Å². The zero-order chi connectivity index (χ0) is 11.3. The molecule has 1 rings (SSSR count). The predicted octanol–water partition coefficient (Wildman–Crippen LogP) is 1.20. The van der Waals surface area contributed by atoms with Crippen LogP contribution in [-0.4, -0.2) is 25.0 Å². The number of esters is 1. The topological polar surface area (TPSA) is 52.6 Å². The van der Waals surface area contributed by atoms with Gasteiger partial charge in [0, 0.05) is 0 Å². The van der Waals surface area contributed by atoms with Crippen molar-refractivity contribution in [3.05, 3.63) is 30.3 Å². The summed E-state index contributed by atoms with van der Waals surface area (Å²) in [5, 5.41) is 0. The van der Waals surface area contributed by atoms with Gasteiger partial charge in [-0.3, -0.25) is 4.79 Å². The molecule has 15 heavy (non-hydrogen) atoms. The number of benzene rings is 1. The summed E-state index contributed by atoms with van der Waals surface area (Å²) in [6.45, 7) is 1.28. The molecule has 0 aliphatic heterocycles. The minimum absolute atomic E-state index is 0.384. The summed E-state index contributed by atoms with van der Waals surface area (Å²) in [6.07, 6.45) is -1.18. The number of ether oxygens (including phenoxy) is 2. The van der Waals surface area contributed by atoms with Crippen molar-refractivity contribution in [1.29, 1.82) is 0 Å². The smallest absolute Gasteiger partial charge is 0.354 e. The van der Waals surface area contributed by atoms with Crippen LogP contribution in [0.2, 0.25) is 0 Å². The Morgan fingerprint density at radius 3 is 2.27 bits per heavy atom. The summed E-state index contributed by atoms with van der Waals surface area (Å²) in [5.41, 5.74) is 0. The Hall–Kier alpha value is -1.84. The van der Waals surface area contributed by atoms with Crippen LogP contribution in [0.4, 0.5) is 0 Å². The molecule has 4 heteroatoms. The molecule has 1 unspecified atom stereocenters. The van der Waals surface area contributed by atoms with Crippen molar-refractivity contribution in [2.45, 2.75) is 13.0 Å². The molecule has 0 spiro atoms. The van der Waals surface area contributed by atoms with Gasteiger partial charge in [0.25, 0.3) is 6.10 Å². The molecular weight excluding hydrogens is 196 g/mol. The average Bonchev–Trinajstić information content (AvgIpc) is 2.26. The second kappa shape index (κ2) is 5.14. The van der Waals surface area contributed by atoms with E-state index >= 15 is 0 Å². The van der Waals surface area contributed by atoms with Gasteiger partial charge >= 0.3 is 5.97 Å². The van der Waals surface area contributed by atoms with E-state index in [1.54, 1.807) is 24.3 Å². The first-order chi connectivity index (χ1) is 7.15. The van der Waals surface area contributed by atoms with Crippen LogP contribution in [0.1, 0.15) is 6.92 Å². The molecule has 0 bridgehead atoms. The first-order valence-corrected chi connectivity index (χ1v) is 4.45. The van der Waals surface area contributed by atoms with Gasteiger partial charge in [-0.25, -0.2) is 4.79 Å². The number of methoxy groups -OCH3 is 1. The Kier molecular flexibility index (Phi) is 3.85. The van der Waals surface area contributed by atoms with Crippen molar-refractivity contribution in [1.82, 2.24) is 0 Å². The molecule has 80 valence electrons. The van der Waals surface area contributed by atoms with Gasteiger partial charge < -0.3 is 9.47 Å². The van der Waals surface area contributed by atoms with Gasteiger partial charge in [0.15, 0.2) is 5.78 Å². The normalized spacial score (nSPS) is 11.6. The van der Waals surface area contributed by atoms with Gasteiger partial charge in [0.2, 0.25) is 0 Å². The van der Waals surface area contributed by atoms with Gasteiger partial charge in [0.1, 0.15) is 5.75 Å². The zero-order valence-electron chi connectivity index (χ0n) is 8.60. The monoisotopic (exact) mass is 208 g/mol. The second-order valence-electron chi connectivity index (χ2n) is 2.94. The lowest BCUT2D eigenvalue weighted by atomic mass is 10.2. The molecule has 0 radical (unpaired) electrons. The number of hydrogen-bond donors (Lipinski definition) is 0. The third-order valence-electron chi connectivity index (χ3n) is 1.78. The lowest BCUT2D eigenvalue weighted by Gasteiger charge is -2.13. The highest BCUT2D eigenvalue weighted by molar-refractivity contribution is 6.01. The van der Waals surface area contributed by atoms with E-state index in [4.69, 9.17) is 4.74 Å². The Morgan fingerprint density at radius 1 is 1.20 bits per heavy atom. The molecule has 0 fully saturated rings. The van der Waals surface area contributed by atoms with E-state index in [0.717, 1.165) is 0 Å². The minimum Gasteiger partial charge on any atom is -0.471 e. The number of ketones is 1. The highest BCUT2D eigenvalue weighted by atomic mass is 16.6. The van der Waals surface area contributed by atoms with Crippen LogP contribution in [-0.2, 0) is 14.3 Å². The van der Waals surface area contributed by atoms with Gasteiger partial charge in [-0.05, 0) is 19.1 Å². The largest absolute Gasteiger partial charge is 0.471 e. The van der Waals surface area contributed by atoms with Gasteiger partial charge in [-0.15, -0.1) is 0 Å². The van der Waals surface area contributed by atoms with Crippen molar-refractivity contribution >= 4 is 11.8 Å². The van der Waals surface area contributed by atoms with Gasteiger partial charge in [-0.2, -0.15) is 0 Å². The van der Waals surface area contributed by atoms with E-state index in [2.05, 4.69) is 4.74 Å². The van der Waals surface area contributed by atoms with Crippen molar-refractivity contribution in [2.24, 2.45) is 0 Å². The van der Waals surface area contributed by atoms with Crippen LogP contribution in [0.15, 0.2) is 30.3 Å². The molecule has 1 atom stereocenters. The Labute approximate surface area is 87.8 Å². The maximum absolute atomic E-state index is 11.2. The molecule has 1 aromatic rings. The lowest BCUT2D eigenvalue weighted by molar-refractivity contribution is -0.152. The van der Waals surface area contributed by atoms with Crippen molar-refractivity contribution in [3.8, 4) is 5.75 Å². The van der Waals surface area contributed by atoms with Crippen LogP contribution in [0.3, 0.4) is 0 Å². The summed E-state index contributed by atoms with van der Waals surface area (Å²) >= 11 is 0. The van der Waals surface area contributed by atoms with Crippen molar-refractivity contribution in [2.75, 3.05) is 7.11 Å². The van der Waals surface area contributed by atoms with Crippen LogP contribution in [0, 0.1) is 0 Å². The van der Waals surface area contributed by atoms with E-state index in [9.17, 15) is 9.59 Å². The predicted molar refractivity (Wildman–Crippen MR) is 53.6 cm³/mol. The maximum Gasteiger partial charge on any atom is 0.354 e. The van der Waals surface area contributed by atoms with E-state index < -0.39 is 12.1 Å². The molecule has 0 amide bonds. The minimum atomic E-state index is -1.18. The number of para-hydroxylation sites is 1. The standard InChI is InChI=1S/C11H12O4/c1-8(12)10(11(13)14-2)15-9-6-4-3-5-7-9/h3-7,10H,1-2H3. The van der Waals surface area contributed by atoms with Crippen molar-refractivity contribution in [3.63, 3.8) is 0 Å². The molecule has 0 aliphatic rings. The zero-order valence-corrected chi connectivity index (χ0v) is 8.60. The fraction of sp³-hybridized carbons (Fsp3) is 0.273. The number of carbonyl (C=O) groups is 2. The first kappa shape index (κ1) is 11.2. The third kappa shape index (κ3) is 3.09. The molecule has 0 saturated carbocycles. The van der Waals surface area contributed by atoms with E-state index in [0.29, 0.717) is 5.75 Å². The summed E-state index contributed by atoms with van der Waals surface area (Å²) < 4.78 is 9.67. The number of rotatable bonds is 4. The first-order valence-electron chi connectivity index (χ1n) is 4.45. The fourth-order valence-electron chi connectivity index (χ4n) is 1.04. The summed E-state index contributed by atoms with van der Waals surface area (Å²) in [4.78, 5) is 22.3. The van der Waals surface area contributed by atoms with Crippen LogP contribution < -0.4 is 4.74 Å². The molecule has 0 aromatic heterocycles. The Morgan fingerprint density at radius 2 is 1.80 bits per heavy atom. The summed E-state index contributed by atoms with van der Waals surface area (Å²) in [5.74, 6) is -0.611. The highest BCUT2D eigenvalue weighted by Gasteiger charge is 2.25. The quantitative estimate of drug-likeness (QED) is 0.551. The van der Waals surface area contributed by atoms with E-state index in [-0.39, 0.29) is 5.78 Å². The van der Waals surface area contributed by atoms with Crippen LogP contribution in [0.25, 0.3) is 0 Å². The molecule has 0 heterocycles. The summed E-state index contributed by atoms with van der Waals surface area (Å²) in [6, 6.07) is 8.65. The van der Waals surface area contributed by atoms with Gasteiger partial charge in [-0.1, -0.05) is 18.2 Å². The van der Waals surface area contributed by atoms with E-state index in [1.165, 1.54) is 14.0 Å². The maximum atomic E-state index is 11.2. The van der Waals surface area contributed by atoms with Gasteiger partial charge in [0.05, 0.1) is 7.11 Å². The second-order valence-corrected chi connectivity index (χ2v) is 2.94. The molecule has 0 N–H and O–H groups in total. The Balaban J connectivity index is 2.76. The molecule has 0 aliphatic carbocycles. The fourth-order valence-corrected chi connectivity index (χ4v) is 1.04. The SMILES string of the molecule is COC(=O)C(Oc1ccccc1)C(C)=O. The molecular formula is C11H12O4. The molecule has 4 nitrogen and oxygen atoms in total. The van der Waals surface area contributed by atoms with Crippen LogP contribution >= 0.6 is 0 Å². The third-order valence-corrected chi connectivity index (χ3v) is 1.78. The lowest BCUT2D eigenvalue weighted by Crippen LogP contribution is -2.35. The highest BCUT2D eigenvalue weighted by Crippen LogP contribution is 2.11.